The molecule has 0 saturated carbocycles. The summed E-state index contributed by atoms with van der Waals surface area (Å²) < 4.78 is 9.98. The van der Waals surface area contributed by atoms with Crippen molar-refractivity contribution >= 4 is 11.9 Å². The predicted octanol–water partition coefficient (Wildman–Crippen LogP) is 9.58. The van der Waals surface area contributed by atoms with Crippen LogP contribution in [-0.2, 0) is 19.1 Å². The smallest absolute Gasteiger partial charge is 0.306 e. The molecule has 1 rings (SSSR count). The second-order valence-electron chi connectivity index (χ2n) is 9.76. The van der Waals surface area contributed by atoms with E-state index in [0.29, 0.717) is 13.0 Å². The third-order valence-corrected chi connectivity index (χ3v) is 6.12. The third kappa shape index (κ3) is 26.8. The average molecular weight is 505 g/mol. The van der Waals surface area contributed by atoms with Gasteiger partial charge in [0.15, 0.2) is 0 Å². The number of hydrogen-bond donors (Lipinski definition) is 0. The van der Waals surface area contributed by atoms with E-state index in [2.05, 4.69) is 50.3 Å². The number of ether oxygens (including phenoxy) is 2. The fraction of sp³-hybridized carbons (Fsp3) is 0.750. The third-order valence-electron chi connectivity index (χ3n) is 6.12. The Morgan fingerprint density at radius 1 is 0.750 bits per heavy atom. The van der Waals surface area contributed by atoms with E-state index < -0.39 is 0 Å². The largest absolute Gasteiger partial charge is 0.466 e. The Hall–Kier alpha value is -1.84. The molecule has 0 bridgehead atoms. The van der Waals surface area contributed by atoms with Gasteiger partial charge in [-0.05, 0) is 63.9 Å². The second-order valence-corrected chi connectivity index (χ2v) is 9.76. The van der Waals surface area contributed by atoms with Gasteiger partial charge in [-0.25, -0.2) is 0 Å². The summed E-state index contributed by atoms with van der Waals surface area (Å²) in [7, 11) is 0. The highest BCUT2D eigenvalue weighted by molar-refractivity contribution is 5.71. The van der Waals surface area contributed by atoms with Crippen LogP contribution < -0.4 is 0 Å². The fourth-order valence-electron chi connectivity index (χ4n) is 3.89. The van der Waals surface area contributed by atoms with Crippen LogP contribution in [0.1, 0.15) is 143 Å². The van der Waals surface area contributed by atoms with E-state index in [0.717, 1.165) is 32.1 Å². The molecule has 36 heavy (non-hydrogen) atoms. The van der Waals surface area contributed by atoms with E-state index >= 15 is 0 Å². The van der Waals surface area contributed by atoms with E-state index in [1.165, 1.54) is 90.4 Å². The molecule has 208 valence electrons. The molecule has 1 aliphatic heterocycles. The van der Waals surface area contributed by atoms with Crippen LogP contribution in [0, 0.1) is 0 Å². The Morgan fingerprint density at radius 2 is 1.28 bits per heavy atom. The molecule has 0 radical (unpaired) electrons. The van der Waals surface area contributed by atoms with Crippen molar-refractivity contribution in [3.63, 3.8) is 0 Å². The van der Waals surface area contributed by atoms with Crippen molar-refractivity contribution in [1.82, 2.24) is 0 Å². The first-order valence-electron chi connectivity index (χ1n) is 14.9. The number of allylic oxidation sites excluding steroid dienone is 5. The molecule has 1 fully saturated rings. The summed E-state index contributed by atoms with van der Waals surface area (Å²) in [5.41, 5.74) is 0. The van der Waals surface area contributed by atoms with Gasteiger partial charge in [0, 0.05) is 13.3 Å². The molecular weight excluding hydrogens is 448 g/mol. The van der Waals surface area contributed by atoms with Crippen molar-refractivity contribution in [1.29, 1.82) is 0 Å². The average Bonchev–Trinajstić information content (AvgIpc) is 3.28. The summed E-state index contributed by atoms with van der Waals surface area (Å²) in [5, 5.41) is 0. The fourth-order valence-corrected chi connectivity index (χ4v) is 3.89. The van der Waals surface area contributed by atoms with Crippen LogP contribution in [-0.4, -0.2) is 24.6 Å². The van der Waals surface area contributed by atoms with Gasteiger partial charge in [0.25, 0.3) is 0 Å². The number of cyclic esters (lactones) is 1. The number of rotatable bonds is 21. The predicted molar refractivity (Wildman–Crippen MR) is 153 cm³/mol. The standard InChI is InChI=1S/C18H32O2.C14H24O2/c1-3-4-5-6-7-8-9-10-11-12-13-14-15-16-17-20-18(2)19;1-2-3-4-5-6-7-8-9-10-13-11-12-14(15)16-13/h6-7,10-11H,3-5,8-9,12-17H2,1-2H3;9-10,13H,2-8,11-12H2,1H3/b;10-9-/t;13-/m.0/s1. The van der Waals surface area contributed by atoms with E-state index in [9.17, 15) is 9.59 Å². The topological polar surface area (TPSA) is 52.6 Å². The van der Waals surface area contributed by atoms with Crippen LogP contribution in [0.25, 0.3) is 0 Å². The van der Waals surface area contributed by atoms with Crippen molar-refractivity contribution in [3.05, 3.63) is 36.5 Å². The molecule has 0 unspecified atom stereocenters. The lowest BCUT2D eigenvalue weighted by molar-refractivity contribution is -0.141. The molecule has 1 aliphatic rings. The Balaban J connectivity index is 0.000000696. The molecule has 0 spiro atoms. The Bertz CT molecular complexity index is 591. The molecule has 0 aromatic heterocycles. The molecule has 4 heteroatoms. The van der Waals surface area contributed by atoms with E-state index in [1.54, 1.807) is 0 Å². The zero-order chi connectivity index (χ0) is 26.5. The first-order valence-corrected chi connectivity index (χ1v) is 14.9. The minimum Gasteiger partial charge on any atom is -0.466 e. The molecule has 1 heterocycles. The van der Waals surface area contributed by atoms with E-state index in [4.69, 9.17) is 9.47 Å². The van der Waals surface area contributed by atoms with Crippen molar-refractivity contribution in [3.8, 4) is 0 Å². The van der Waals surface area contributed by atoms with Gasteiger partial charge >= 0.3 is 11.9 Å². The van der Waals surface area contributed by atoms with Gasteiger partial charge in [-0.2, -0.15) is 0 Å². The Kier molecular flexibility index (Phi) is 26.3. The molecule has 0 aromatic rings. The van der Waals surface area contributed by atoms with Crippen LogP contribution in [0.2, 0.25) is 0 Å². The van der Waals surface area contributed by atoms with Crippen molar-refractivity contribution in [2.45, 2.75) is 149 Å². The molecule has 1 atom stereocenters. The minimum absolute atomic E-state index is 0.0470. The molecule has 0 aliphatic carbocycles. The Morgan fingerprint density at radius 3 is 1.86 bits per heavy atom. The zero-order valence-corrected chi connectivity index (χ0v) is 23.8. The number of carbonyl (C=O) groups excluding carboxylic acids is 2. The summed E-state index contributed by atoms with van der Waals surface area (Å²) in [6, 6.07) is 0. The van der Waals surface area contributed by atoms with Gasteiger partial charge in [0.05, 0.1) is 6.61 Å². The molecule has 0 amide bonds. The van der Waals surface area contributed by atoms with E-state index in [-0.39, 0.29) is 18.0 Å². The number of esters is 2. The molecular formula is C32H56O4. The first kappa shape index (κ1) is 34.2. The maximum atomic E-state index is 10.8. The zero-order valence-electron chi connectivity index (χ0n) is 23.8. The van der Waals surface area contributed by atoms with Gasteiger partial charge in [-0.15, -0.1) is 0 Å². The summed E-state index contributed by atoms with van der Waals surface area (Å²) in [6.07, 6.45) is 36.0. The maximum Gasteiger partial charge on any atom is 0.306 e. The van der Waals surface area contributed by atoms with Gasteiger partial charge in [-0.3, -0.25) is 9.59 Å². The SMILES string of the molecule is CCCCC=CCCC=CCCCCCCOC(C)=O.CCCCCCCC/C=C\[C@H]1CCC(=O)O1. The lowest BCUT2D eigenvalue weighted by atomic mass is 10.1. The highest BCUT2D eigenvalue weighted by Crippen LogP contribution is 2.15. The summed E-state index contributed by atoms with van der Waals surface area (Å²) in [6.45, 7) is 6.51. The maximum absolute atomic E-state index is 10.8. The lowest BCUT2D eigenvalue weighted by Crippen LogP contribution is -2.01. The van der Waals surface area contributed by atoms with E-state index in [1.807, 2.05) is 0 Å². The molecule has 4 nitrogen and oxygen atoms in total. The normalized spacial score (nSPS) is 15.5. The quantitative estimate of drug-likeness (QED) is 0.0887. The monoisotopic (exact) mass is 504 g/mol. The number of unbranched alkanes of at least 4 members (excludes halogenated alkanes) is 13. The summed E-state index contributed by atoms with van der Waals surface area (Å²) >= 11 is 0. The van der Waals surface area contributed by atoms with Crippen LogP contribution in [0.15, 0.2) is 36.5 Å². The van der Waals surface area contributed by atoms with Crippen molar-refractivity contribution < 1.29 is 19.1 Å². The van der Waals surface area contributed by atoms with Crippen LogP contribution in [0.3, 0.4) is 0 Å². The van der Waals surface area contributed by atoms with Gasteiger partial charge in [0.2, 0.25) is 0 Å². The second kappa shape index (κ2) is 27.7. The highest BCUT2D eigenvalue weighted by atomic mass is 16.5. The van der Waals surface area contributed by atoms with Crippen LogP contribution in [0.5, 0.6) is 0 Å². The first-order chi connectivity index (χ1) is 17.6. The molecule has 0 aromatic carbocycles. The lowest BCUT2D eigenvalue weighted by Gasteiger charge is -2.01. The minimum atomic E-state index is -0.170. The molecule has 0 N–H and O–H groups in total. The number of carbonyl (C=O) groups is 2. The van der Waals surface area contributed by atoms with Gasteiger partial charge < -0.3 is 9.47 Å². The van der Waals surface area contributed by atoms with Gasteiger partial charge in [-0.1, -0.05) is 102 Å². The molecule has 1 saturated heterocycles. The van der Waals surface area contributed by atoms with Crippen molar-refractivity contribution in [2.24, 2.45) is 0 Å². The van der Waals surface area contributed by atoms with Crippen molar-refractivity contribution in [2.75, 3.05) is 6.61 Å². The Labute approximate surface area is 223 Å². The number of hydrogen-bond acceptors (Lipinski definition) is 4. The summed E-state index contributed by atoms with van der Waals surface area (Å²) in [4.78, 5) is 21.4. The van der Waals surface area contributed by atoms with Crippen LogP contribution in [0.4, 0.5) is 0 Å². The summed E-state index contributed by atoms with van der Waals surface area (Å²) in [5.74, 6) is -0.217. The van der Waals surface area contributed by atoms with Crippen LogP contribution >= 0.6 is 0 Å². The van der Waals surface area contributed by atoms with Gasteiger partial charge in [0.1, 0.15) is 6.10 Å². The highest BCUT2D eigenvalue weighted by Gasteiger charge is 2.19.